The van der Waals surface area contributed by atoms with E-state index in [1.54, 1.807) is 11.0 Å². The molecule has 1 aliphatic heterocycles. The van der Waals surface area contributed by atoms with Gasteiger partial charge in [-0.3, -0.25) is 0 Å². The third-order valence-corrected chi connectivity index (χ3v) is 11.1. The molecule has 0 unspecified atom stereocenters. The number of fused-ring (bicyclic) bond motifs is 3. The molecule has 2 heteroatoms. The third-order valence-electron chi connectivity index (χ3n) is 11.1. The van der Waals surface area contributed by atoms with Gasteiger partial charge in [-0.25, -0.2) is 0 Å². The second-order valence-electron chi connectivity index (χ2n) is 13.8. The maximum atomic E-state index is 2.52. The first-order chi connectivity index (χ1) is 21.0. The Morgan fingerprint density at radius 2 is 0.977 bits per heavy atom. The van der Waals surface area contributed by atoms with Gasteiger partial charge in [-0.2, -0.15) is 0 Å². The molecule has 1 heterocycles. The molecule has 6 aromatic carbocycles. The molecule has 0 amide bonds. The van der Waals surface area contributed by atoms with Gasteiger partial charge in [0.25, 0.3) is 6.28 Å². The Morgan fingerprint density at radius 3 is 1.51 bits per heavy atom. The van der Waals surface area contributed by atoms with Gasteiger partial charge in [0.05, 0.1) is 6.54 Å². The smallest absolute Gasteiger partial charge is 0.291 e. The van der Waals surface area contributed by atoms with Gasteiger partial charge in [-0.1, -0.05) is 152 Å². The molecule has 1 aliphatic carbocycles. The maximum Gasteiger partial charge on any atom is 0.291 e. The van der Waals surface area contributed by atoms with Crippen molar-refractivity contribution in [3.63, 3.8) is 0 Å². The van der Waals surface area contributed by atoms with E-state index in [1.807, 2.05) is 0 Å². The van der Waals surface area contributed by atoms with Gasteiger partial charge in [0.2, 0.25) is 0 Å². The number of hydrogen-bond acceptors (Lipinski definition) is 0. The minimum Gasteiger partial charge on any atom is -0.505 e. The van der Waals surface area contributed by atoms with Crippen molar-refractivity contribution in [2.75, 3.05) is 20.6 Å². The first kappa shape index (κ1) is 26.5. The maximum absolute atomic E-state index is 2.52. The van der Waals surface area contributed by atoms with Gasteiger partial charge in [0.1, 0.15) is 0 Å². The number of hydrogen-bond donors (Lipinski definition) is 0. The SMILES string of the molecule is C[N+]1(C)CC(C2CCCCC2)=C(c2ccc3ccccc3c2)[B-]1(c1ccc2ccccc2c1)c1ccc2ccccc2c1. The van der Waals surface area contributed by atoms with Gasteiger partial charge >= 0.3 is 0 Å². The van der Waals surface area contributed by atoms with Crippen LogP contribution >= 0.6 is 0 Å². The van der Waals surface area contributed by atoms with Crippen LogP contribution in [0.1, 0.15) is 37.7 Å². The number of rotatable bonds is 4. The largest absolute Gasteiger partial charge is 0.505 e. The summed E-state index contributed by atoms with van der Waals surface area (Å²) in [6.07, 6.45) is 5.31. The van der Waals surface area contributed by atoms with Crippen molar-refractivity contribution in [2.45, 2.75) is 32.1 Å². The van der Waals surface area contributed by atoms with Crippen molar-refractivity contribution in [3.8, 4) is 0 Å². The van der Waals surface area contributed by atoms with Crippen LogP contribution in [0.4, 0.5) is 0 Å². The van der Waals surface area contributed by atoms with Crippen LogP contribution in [-0.2, 0) is 0 Å². The van der Waals surface area contributed by atoms with Crippen molar-refractivity contribution in [1.29, 1.82) is 0 Å². The van der Waals surface area contributed by atoms with E-state index in [2.05, 4.69) is 141 Å². The van der Waals surface area contributed by atoms with Crippen molar-refractivity contribution >= 4 is 55.0 Å². The standard InChI is InChI=1S/C41H40BN/c1-43(2)29-40(33-15-4-3-5-16-33)41(37-21-20-30-12-6-9-17-34(30)26-37)42(43,38-24-22-31-13-7-10-18-35(31)27-38)39-25-23-32-14-8-11-19-36(32)28-39/h6-14,17-28,33H,3-5,15-16,29H2,1-2H3. The number of benzene rings is 6. The molecule has 1 fully saturated rings. The molecule has 1 saturated carbocycles. The molecule has 0 bridgehead atoms. The predicted octanol–water partition coefficient (Wildman–Crippen LogP) is 8.87. The molecule has 8 rings (SSSR count). The highest BCUT2D eigenvalue weighted by Gasteiger charge is 2.54. The minimum absolute atomic E-state index is 0.650. The summed E-state index contributed by atoms with van der Waals surface area (Å²) in [7, 11) is 5.03. The minimum atomic E-state index is -1.38. The topological polar surface area (TPSA) is 0 Å². The molecule has 6 aromatic rings. The predicted molar refractivity (Wildman–Crippen MR) is 187 cm³/mol. The summed E-state index contributed by atoms with van der Waals surface area (Å²) in [4.78, 5) is 0. The molecule has 0 atom stereocenters. The van der Waals surface area contributed by atoms with Gasteiger partial charge in [0.15, 0.2) is 0 Å². The van der Waals surface area contributed by atoms with Gasteiger partial charge in [0, 0.05) is 14.1 Å². The number of quaternary nitrogens is 1. The van der Waals surface area contributed by atoms with E-state index in [4.69, 9.17) is 0 Å². The van der Waals surface area contributed by atoms with Crippen LogP contribution < -0.4 is 10.9 Å². The highest BCUT2D eigenvalue weighted by Crippen LogP contribution is 2.47. The van der Waals surface area contributed by atoms with E-state index in [9.17, 15) is 0 Å². The fraction of sp³-hybridized carbons (Fsp3) is 0.220. The number of nitrogens with zero attached hydrogens (tertiary/aromatic N) is 1. The molecule has 43 heavy (non-hydrogen) atoms. The molecular formula is C41H40BN. The zero-order valence-corrected chi connectivity index (χ0v) is 25.5. The monoisotopic (exact) mass is 557 g/mol. The normalized spacial score (nSPS) is 18.6. The molecule has 0 saturated heterocycles. The Morgan fingerprint density at radius 1 is 0.512 bits per heavy atom. The summed E-state index contributed by atoms with van der Waals surface area (Å²) in [5.74, 6) is 0.650. The lowest BCUT2D eigenvalue weighted by Crippen LogP contribution is -2.75. The molecular weight excluding hydrogens is 517 g/mol. The van der Waals surface area contributed by atoms with E-state index >= 15 is 0 Å². The Hall–Kier alpha value is -4.14. The molecule has 0 N–H and O–H groups in total. The van der Waals surface area contributed by atoms with Crippen LogP contribution in [0.3, 0.4) is 0 Å². The summed E-state index contributed by atoms with van der Waals surface area (Å²) in [6, 6.07) is 48.6. The van der Waals surface area contributed by atoms with Crippen LogP contribution in [0.2, 0.25) is 0 Å². The average Bonchev–Trinajstić information content (AvgIpc) is 3.32. The van der Waals surface area contributed by atoms with E-state index in [0.29, 0.717) is 5.92 Å². The average molecular weight is 558 g/mol. The summed E-state index contributed by atoms with van der Waals surface area (Å²) >= 11 is 0. The Kier molecular flexibility index (Phi) is 6.31. The van der Waals surface area contributed by atoms with Crippen LogP contribution in [0.5, 0.6) is 0 Å². The second-order valence-corrected chi connectivity index (χ2v) is 13.8. The lowest BCUT2D eigenvalue weighted by Gasteiger charge is -2.54. The van der Waals surface area contributed by atoms with Crippen molar-refractivity contribution in [2.24, 2.45) is 5.92 Å². The Bertz CT molecular complexity index is 1950. The van der Waals surface area contributed by atoms with Crippen LogP contribution in [0.25, 0.3) is 37.8 Å². The first-order valence-electron chi connectivity index (χ1n) is 16.2. The van der Waals surface area contributed by atoms with Crippen LogP contribution in [0, 0.1) is 5.92 Å². The lowest BCUT2D eigenvalue weighted by atomic mass is 9.21. The van der Waals surface area contributed by atoms with Gasteiger partial charge in [-0.15, -0.1) is 16.4 Å². The molecule has 2 aliphatic rings. The summed E-state index contributed by atoms with van der Waals surface area (Å²) in [5.41, 5.74) is 7.62. The quantitative estimate of drug-likeness (QED) is 0.190. The fourth-order valence-corrected chi connectivity index (χ4v) is 9.13. The fourth-order valence-electron chi connectivity index (χ4n) is 9.13. The molecule has 0 radical (unpaired) electrons. The number of likely N-dealkylation sites (N-methyl/N-ethyl adjacent to an activating group) is 1. The van der Waals surface area contributed by atoms with E-state index in [1.165, 1.54) is 80.9 Å². The molecule has 212 valence electrons. The highest BCUT2D eigenvalue weighted by molar-refractivity contribution is 7.11. The first-order valence-corrected chi connectivity index (χ1v) is 16.2. The second kappa shape index (κ2) is 10.2. The summed E-state index contributed by atoms with van der Waals surface area (Å²) in [5, 5.41) is 7.91. The van der Waals surface area contributed by atoms with Crippen molar-refractivity contribution in [1.82, 2.24) is 0 Å². The lowest BCUT2D eigenvalue weighted by molar-refractivity contribution is -0.778. The van der Waals surface area contributed by atoms with Gasteiger partial charge < -0.3 is 4.39 Å². The third kappa shape index (κ3) is 4.19. The Balaban J connectivity index is 1.50. The molecule has 0 aromatic heterocycles. The molecule has 0 spiro atoms. The summed E-state index contributed by atoms with van der Waals surface area (Å²) in [6.45, 7) is 1.09. The van der Waals surface area contributed by atoms with E-state index in [0.717, 1.165) is 10.9 Å². The van der Waals surface area contributed by atoms with Crippen molar-refractivity contribution in [3.05, 3.63) is 139 Å². The van der Waals surface area contributed by atoms with Crippen LogP contribution in [0.15, 0.2) is 133 Å². The Labute approximate surface area is 256 Å². The van der Waals surface area contributed by atoms with Crippen LogP contribution in [-0.4, -0.2) is 31.3 Å². The van der Waals surface area contributed by atoms with E-state index in [-0.39, 0.29) is 0 Å². The highest BCUT2D eigenvalue weighted by atomic mass is 15.3. The van der Waals surface area contributed by atoms with E-state index < -0.39 is 6.28 Å². The zero-order chi connectivity index (χ0) is 29.0. The summed E-state index contributed by atoms with van der Waals surface area (Å²) < 4.78 is 0.935. The van der Waals surface area contributed by atoms with Crippen molar-refractivity contribution < 1.29 is 4.39 Å². The molecule has 1 nitrogen and oxygen atoms in total. The zero-order valence-electron chi connectivity index (χ0n) is 25.5. The van der Waals surface area contributed by atoms with Gasteiger partial charge in [-0.05, 0) is 56.6 Å².